The third-order valence-electron chi connectivity index (χ3n) is 5.85. The van der Waals surface area contributed by atoms with Gasteiger partial charge in [-0.15, -0.1) is 0 Å². The van der Waals surface area contributed by atoms with E-state index < -0.39 is 0 Å². The molecule has 0 aromatic heterocycles. The number of benzene rings is 2. The molecule has 2 aliphatic rings. The Bertz CT molecular complexity index is 946. The van der Waals surface area contributed by atoms with Crippen LogP contribution >= 0.6 is 11.8 Å². The van der Waals surface area contributed by atoms with E-state index in [2.05, 4.69) is 0 Å². The third-order valence-corrected chi connectivity index (χ3v) is 6.94. The van der Waals surface area contributed by atoms with Crippen LogP contribution in [0, 0.1) is 0 Å². The van der Waals surface area contributed by atoms with Crippen LogP contribution in [0.15, 0.2) is 64.4 Å². The number of carbonyl (C=O) groups is 2. The van der Waals surface area contributed by atoms with Crippen molar-refractivity contribution in [2.45, 2.75) is 55.9 Å². The number of hydrogen-bond donors (Lipinski definition) is 0. The molecule has 1 aliphatic carbocycles. The van der Waals surface area contributed by atoms with Crippen LogP contribution in [0.2, 0.25) is 0 Å². The summed E-state index contributed by atoms with van der Waals surface area (Å²) in [6, 6.07) is 17.2. The molecular formula is C25H27NO3S. The van der Waals surface area contributed by atoms with Crippen LogP contribution in [0.5, 0.6) is 5.75 Å². The fraction of sp³-hybridized carbons (Fsp3) is 0.360. The van der Waals surface area contributed by atoms with Gasteiger partial charge in [-0.05, 0) is 31.0 Å². The highest BCUT2D eigenvalue weighted by Gasteiger charge is 2.43. The van der Waals surface area contributed by atoms with E-state index in [0.717, 1.165) is 30.6 Å². The third kappa shape index (κ3) is 4.17. The lowest BCUT2D eigenvalue weighted by atomic mass is 9.95. The van der Waals surface area contributed by atoms with Gasteiger partial charge in [0.2, 0.25) is 0 Å². The maximum absolute atomic E-state index is 13.7. The van der Waals surface area contributed by atoms with E-state index in [9.17, 15) is 9.59 Å². The van der Waals surface area contributed by atoms with Gasteiger partial charge >= 0.3 is 0 Å². The summed E-state index contributed by atoms with van der Waals surface area (Å²) in [6.07, 6.45) is 7.49. The van der Waals surface area contributed by atoms with E-state index in [1.807, 2.05) is 54.6 Å². The maximum atomic E-state index is 13.7. The molecule has 1 aliphatic heterocycles. The monoisotopic (exact) mass is 421 g/mol. The van der Waals surface area contributed by atoms with Gasteiger partial charge in [0.1, 0.15) is 5.75 Å². The van der Waals surface area contributed by atoms with E-state index in [-0.39, 0.29) is 17.9 Å². The first-order valence-electron chi connectivity index (χ1n) is 10.7. The van der Waals surface area contributed by atoms with Crippen molar-refractivity contribution in [2.75, 3.05) is 7.11 Å². The first-order valence-corrected chi connectivity index (χ1v) is 11.5. The number of imide groups is 1. The van der Waals surface area contributed by atoms with Gasteiger partial charge in [-0.25, -0.2) is 0 Å². The molecule has 1 fully saturated rings. The summed E-state index contributed by atoms with van der Waals surface area (Å²) in [5, 5.41) is 0. The second-order valence-electron chi connectivity index (χ2n) is 7.80. The molecule has 2 aromatic rings. The van der Waals surface area contributed by atoms with Crippen molar-refractivity contribution in [3.63, 3.8) is 0 Å². The number of rotatable bonds is 5. The average Bonchev–Trinajstić information content (AvgIpc) is 2.98. The summed E-state index contributed by atoms with van der Waals surface area (Å²) < 4.78 is 5.53. The number of hydrogen-bond acceptors (Lipinski definition) is 4. The van der Waals surface area contributed by atoms with Crippen LogP contribution in [0.3, 0.4) is 0 Å². The second-order valence-corrected chi connectivity index (χ2v) is 8.88. The second kappa shape index (κ2) is 9.52. The van der Waals surface area contributed by atoms with Crippen LogP contribution < -0.4 is 4.74 Å². The number of carbonyl (C=O) groups excluding carboxylic acids is 2. The number of ether oxygens (including phenoxy) is 1. The van der Waals surface area contributed by atoms with E-state index in [0.29, 0.717) is 21.8 Å². The predicted octanol–water partition coefficient (Wildman–Crippen LogP) is 5.68. The van der Waals surface area contributed by atoms with Crippen LogP contribution in [0.4, 0.5) is 0 Å². The molecule has 2 amide bonds. The fourth-order valence-corrected chi connectivity index (χ4v) is 5.35. The molecule has 156 valence electrons. The highest BCUT2D eigenvalue weighted by Crippen LogP contribution is 2.43. The van der Waals surface area contributed by atoms with E-state index in [4.69, 9.17) is 4.74 Å². The van der Waals surface area contributed by atoms with Crippen LogP contribution in [0.1, 0.15) is 50.5 Å². The van der Waals surface area contributed by atoms with Crippen molar-refractivity contribution in [1.82, 2.24) is 4.90 Å². The van der Waals surface area contributed by atoms with Crippen molar-refractivity contribution < 1.29 is 14.3 Å². The number of para-hydroxylation sites is 1. The van der Waals surface area contributed by atoms with Gasteiger partial charge < -0.3 is 4.74 Å². The molecule has 0 unspecified atom stereocenters. The predicted molar refractivity (Wildman–Crippen MR) is 120 cm³/mol. The highest BCUT2D eigenvalue weighted by atomic mass is 32.2. The molecule has 0 radical (unpaired) electrons. The molecule has 0 spiro atoms. The van der Waals surface area contributed by atoms with Crippen molar-refractivity contribution in [3.05, 3.63) is 65.1 Å². The lowest BCUT2D eigenvalue weighted by Gasteiger charge is -2.28. The molecule has 4 nitrogen and oxygen atoms in total. The molecule has 0 bridgehead atoms. The topological polar surface area (TPSA) is 46.6 Å². The molecule has 0 N–H and O–H groups in total. The van der Waals surface area contributed by atoms with Gasteiger partial charge in [-0.2, -0.15) is 0 Å². The summed E-state index contributed by atoms with van der Waals surface area (Å²) in [6.45, 7) is 0. The molecular weight excluding hydrogens is 394 g/mol. The Hall–Kier alpha value is -2.53. The molecule has 1 saturated carbocycles. The Morgan fingerprint density at radius 2 is 1.47 bits per heavy atom. The molecule has 2 aromatic carbocycles. The van der Waals surface area contributed by atoms with Gasteiger partial charge in [0.25, 0.3) is 11.8 Å². The lowest BCUT2D eigenvalue weighted by molar-refractivity contribution is -0.139. The molecule has 5 heteroatoms. The minimum absolute atomic E-state index is 0.0242. The fourth-order valence-electron chi connectivity index (χ4n) is 4.34. The van der Waals surface area contributed by atoms with Crippen LogP contribution in [-0.4, -0.2) is 29.9 Å². The Labute approximate surface area is 182 Å². The quantitative estimate of drug-likeness (QED) is 0.583. The molecule has 0 saturated heterocycles. The highest BCUT2D eigenvalue weighted by molar-refractivity contribution is 8.04. The first kappa shape index (κ1) is 20.7. The Balaban J connectivity index is 1.76. The summed E-state index contributed by atoms with van der Waals surface area (Å²) in [4.78, 5) is 30.2. The largest absolute Gasteiger partial charge is 0.496 e. The van der Waals surface area contributed by atoms with Crippen LogP contribution in [-0.2, 0) is 9.59 Å². The van der Waals surface area contributed by atoms with Gasteiger partial charge in [0, 0.05) is 16.5 Å². The lowest BCUT2D eigenvalue weighted by Crippen LogP contribution is -2.41. The van der Waals surface area contributed by atoms with E-state index in [1.54, 1.807) is 12.0 Å². The van der Waals surface area contributed by atoms with Gasteiger partial charge in [0.15, 0.2) is 0 Å². The Morgan fingerprint density at radius 3 is 2.17 bits per heavy atom. The zero-order valence-electron chi connectivity index (χ0n) is 17.3. The Kier molecular flexibility index (Phi) is 6.58. The van der Waals surface area contributed by atoms with Gasteiger partial charge in [0.05, 0.1) is 17.6 Å². The zero-order chi connectivity index (χ0) is 20.9. The molecule has 30 heavy (non-hydrogen) atoms. The van der Waals surface area contributed by atoms with Crippen molar-refractivity contribution in [2.24, 2.45) is 0 Å². The van der Waals surface area contributed by atoms with Gasteiger partial charge in [-0.3, -0.25) is 14.5 Å². The standard InChI is InChI=1S/C25H27NO3S/c1-29-21-17-11-10-16-20(21)22-23(30-19-14-8-5-9-15-19)25(28)26(24(22)27)18-12-6-3-2-4-7-13-18/h5,8-11,14-18H,2-4,6-7,12-13H2,1H3. The number of methoxy groups -OCH3 is 1. The van der Waals surface area contributed by atoms with Crippen molar-refractivity contribution in [1.29, 1.82) is 0 Å². The first-order chi connectivity index (χ1) is 14.7. The normalized spacial score (nSPS) is 18.5. The maximum Gasteiger partial charge on any atom is 0.268 e. The minimum Gasteiger partial charge on any atom is -0.496 e. The van der Waals surface area contributed by atoms with E-state index in [1.165, 1.54) is 31.0 Å². The summed E-state index contributed by atoms with van der Waals surface area (Å²) in [7, 11) is 1.59. The van der Waals surface area contributed by atoms with Crippen LogP contribution in [0.25, 0.3) is 5.57 Å². The minimum atomic E-state index is -0.187. The number of amides is 2. The smallest absolute Gasteiger partial charge is 0.268 e. The van der Waals surface area contributed by atoms with Gasteiger partial charge in [-0.1, -0.05) is 80.3 Å². The average molecular weight is 422 g/mol. The number of nitrogens with zero attached hydrogens (tertiary/aromatic N) is 1. The number of thioether (sulfide) groups is 1. The summed E-state index contributed by atoms with van der Waals surface area (Å²) in [5.74, 6) is 0.258. The molecule has 4 rings (SSSR count). The zero-order valence-corrected chi connectivity index (χ0v) is 18.1. The molecule has 0 atom stereocenters. The molecule has 1 heterocycles. The SMILES string of the molecule is COc1ccccc1C1=C(Sc2ccccc2)C(=O)N(C2CCCCCCC2)C1=O. The summed E-state index contributed by atoms with van der Waals surface area (Å²) >= 11 is 1.37. The van der Waals surface area contributed by atoms with Crippen molar-refractivity contribution >= 4 is 29.1 Å². The Morgan fingerprint density at radius 1 is 0.833 bits per heavy atom. The van der Waals surface area contributed by atoms with Crippen molar-refractivity contribution in [3.8, 4) is 5.75 Å². The van der Waals surface area contributed by atoms with E-state index >= 15 is 0 Å². The summed E-state index contributed by atoms with van der Waals surface area (Å²) in [5.41, 5.74) is 1.15.